The molecule has 0 aromatic heterocycles. The Balaban J connectivity index is 1.80. The minimum absolute atomic E-state index is 0.00869. The molecule has 1 atom stereocenters. The lowest BCUT2D eigenvalue weighted by atomic mass is 9.96. The molecule has 0 bridgehead atoms. The zero-order chi connectivity index (χ0) is 17.1. The Morgan fingerprint density at radius 1 is 1.17 bits per heavy atom. The van der Waals surface area contributed by atoms with Gasteiger partial charge in [0, 0.05) is 38.4 Å². The number of piperidine rings is 1. The highest BCUT2D eigenvalue weighted by Gasteiger charge is 2.27. The van der Waals surface area contributed by atoms with Gasteiger partial charge in [0.25, 0.3) is 0 Å². The van der Waals surface area contributed by atoms with Crippen LogP contribution in [0.25, 0.3) is 11.1 Å². The van der Waals surface area contributed by atoms with Gasteiger partial charge in [-0.3, -0.25) is 4.79 Å². The van der Waals surface area contributed by atoms with Gasteiger partial charge in [0.15, 0.2) is 0 Å². The summed E-state index contributed by atoms with van der Waals surface area (Å²) in [5.41, 5.74) is 2.33. The van der Waals surface area contributed by atoms with Crippen LogP contribution >= 0.6 is 0 Å². The first kappa shape index (κ1) is 16.5. The van der Waals surface area contributed by atoms with Crippen LogP contribution in [0.5, 0.6) is 0 Å². The number of nitrogens with zero attached hydrogens (tertiary/aromatic N) is 2. The van der Waals surface area contributed by atoms with E-state index in [4.69, 9.17) is 0 Å². The Morgan fingerprint density at radius 3 is 2.58 bits per heavy atom. The van der Waals surface area contributed by atoms with Gasteiger partial charge in [-0.05, 0) is 36.6 Å². The Labute approximate surface area is 142 Å². The van der Waals surface area contributed by atoms with Gasteiger partial charge in [-0.2, -0.15) is 0 Å². The number of halogens is 1. The smallest absolute Gasteiger partial charge is 0.226 e. The molecule has 2 aromatic rings. The monoisotopic (exact) mass is 326 g/mol. The van der Waals surface area contributed by atoms with Crippen LogP contribution in [0.4, 0.5) is 10.1 Å². The summed E-state index contributed by atoms with van der Waals surface area (Å²) in [6, 6.07) is 14.9. The van der Waals surface area contributed by atoms with E-state index in [0.717, 1.165) is 30.6 Å². The van der Waals surface area contributed by atoms with Gasteiger partial charge in [0.1, 0.15) is 5.82 Å². The van der Waals surface area contributed by atoms with E-state index in [-0.39, 0.29) is 17.6 Å². The third-order valence-electron chi connectivity index (χ3n) is 4.61. The van der Waals surface area contributed by atoms with Crippen LogP contribution < -0.4 is 4.90 Å². The molecule has 0 radical (unpaired) electrons. The van der Waals surface area contributed by atoms with Crippen molar-refractivity contribution in [1.29, 1.82) is 0 Å². The standard InChI is InChI=1S/C20H23FN2O/c1-22(2)20(24)16-9-6-12-23(14-16)17-10-11-18(19(21)13-17)15-7-4-3-5-8-15/h3-5,7-8,10-11,13,16H,6,9,12,14H2,1-2H3. The van der Waals surface area contributed by atoms with E-state index in [0.29, 0.717) is 12.1 Å². The normalized spacial score (nSPS) is 17.6. The van der Waals surface area contributed by atoms with Gasteiger partial charge in [0.2, 0.25) is 5.91 Å². The molecule has 0 N–H and O–H groups in total. The largest absolute Gasteiger partial charge is 0.371 e. The fourth-order valence-electron chi connectivity index (χ4n) is 3.33. The molecule has 1 heterocycles. The van der Waals surface area contributed by atoms with Gasteiger partial charge < -0.3 is 9.80 Å². The minimum atomic E-state index is -0.222. The van der Waals surface area contributed by atoms with Crippen LogP contribution in [0.15, 0.2) is 48.5 Å². The summed E-state index contributed by atoms with van der Waals surface area (Å²) >= 11 is 0. The molecule has 1 fully saturated rings. The first-order chi connectivity index (χ1) is 11.6. The molecular weight excluding hydrogens is 303 g/mol. The highest BCUT2D eigenvalue weighted by Crippen LogP contribution is 2.29. The summed E-state index contributed by atoms with van der Waals surface area (Å²) in [6.45, 7) is 1.52. The predicted molar refractivity (Wildman–Crippen MR) is 95.5 cm³/mol. The lowest BCUT2D eigenvalue weighted by Gasteiger charge is -2.34. The third kappa shape index (κ3) is 3.42. The van der Waals surface area contributed by atoms with Gasteiger partial charge in [-0.1, -0.05) is 30.3 Å². The maximum Gasteiger partial charge on any atom is 0.226 e. The molecule has 0 saturated carbocycles. The zero-order valence-electron chi connectivity index (χ0n) is 14.2. The minimum Gasteiger partial charge on any atom is -0.371 e. The second-order valence-corrected chi connectivity index (χ2v) is 6.55. The fourth-order valence-corrected chi connectivity index (χ4v) is 3.33. The highest BCUT2D eigenvalue weighted by molar-refractivity contribution is 5.79. The van der Waals surface area contributed by atoms with Gasteiger partial charge in [-0.25, -0.2) is 4.39 Å². The van der Waals surface area contributed by atoms with E-state index in [1.54, 1.807) is 25.1 Å². The Hall–Kier alpha value is -2.36. The average Bonchev–Trinajstić information content (AvgIpc) is 2.61. The van der Waals surface area contributed by atoms with Crippen LogP contribution in [0.2, 0.25) is 0 Å². The lowest BCUT2D eigenvalue weighted by molar-refractivity contribution is -0.133. The molecule has 3 rings (SSSR count). The van der Waals surface area contributed by atoms with E-state index in [1.807, 2.05) is 42.5 Å². The number of benzene rings is 2. The van der Waals surface area contributed by atoms with Crippen molar-refractivity contribution in [1.82, 2.24) is 4.90 Å². The number of hydrogen-bond donors (Lipinski definition) is 0. The summed E-state index contributed by atoms with van der Waals surface area (Å²) in [5.74, 6) is -0.0774. The summed E-state index contributed by atoms with van der Waals surface area (Å²) in [7, 11) is 3.57. The van der Waals surface area contributed by atoms with Crippen LogP contribution in [0.3, 0.4) is 0 Å². The molecule has 0 aliphatic carbocycles. The summed E-state index contributed by atoms with van der Waals surface area (Å²) in [6.07, 6.45) is 1.85. The number of rotatable bonds is 3. The van der Waals surface area contributed by atoms with E-state index in [1.165, 1.54) is 0 Å². The highest BCUT2D eigenvalue weighted by atomic mass is 19.1. The van der Waals surface area contributed by atoms with Gasteiger partial charge >= 0.3 is 0 Å². The molecule has 2 aromatic carbocycles. The molecule has 4 heteroatoms. The summed E-state index contributed by atoms with van der Waals surface area (Å²) < 4.78 is 14.6. The lowest BCUT2D eigenvalue weighted by Crippen LogP contribution is -2.42. The first-order valence-corrected chi connectivity index (χ1v) is 8.37. The summed E-state index contributed by atoms with van der Waals surface area (Å²) in [4.78, 5) is 16.0. The molecule has 3 nitrogen and oxygen atoms in total. The number of carbonyl (C=O) groups is 1. The second-order valence-electron chi connectivity index (χ2n) is 6.55. The van der Waals surface area contributed by atoms with Crippen molar-refractivity contribution >= 4 is 11.6 Å². The van der Waals surface area contributed by atoms with Crippen molar-refractivity contribution in [2.45, 2.75) is 12.8 Å². The van der Waals surface area contributed by atoms with Gasteiger partial charge in [0.05, 0.1) is 5.92 Å². The molecule has 1 amide bonds. The van der Waals surface area contributed by atoms with Crippen molar-refractivity contribution in [3.8, 4) is 11.1 Å². The summed E-state index contributed by atoms with van der Waals surface area (Å²) in [5, 5.41) is 0. The topological polar surface area (TPSA) is 23.6 Å². The molecule has 0 spiro atoms. The van der Waals surface area contributed by atoms with E-state index >= 15 is 0 Å². The molecule has 126 valence electrons. The maximum atomic E-state index is 14.6. The van der Waals surface area contributed by atoms with Crippen LogP contribution in [0, 0.1) is 11.7 Å². The number of carbonyl (C=O) groups excluding carboxylic acids is 1. The fraction of sp³-hybridized carbons (Fsp3) is 0.350. The molecule has 24 heavy (non-hydrogen) atoms. The van der Waals surface area contributed by atoms with Gasteiger partial charge in [-0.15, -0.1) is 0 Å². The average molecular weight is 326 g/mol. The van der Waals surface area contributed by atoms with E-state index < -0.39 is 0 Å². The SMILES string of the molecule is CN(C)C(=O)C1CCCN(c2ccc(-c3ccccc3)c(F)c2)C1. The first-order valence-electron chi connectivity index (χ1n) is 8.37. The van der Waals surface area contributed by atoms with Crippen molar-refractivity contribution in [3.05, 3.63) is 54.3 Å². The molecule has 1 saturated heterocycles. The number of amides is 1. The quantitative estimate of drug-likeness (QED) is 0.856. The molecule has 1 unspecified atom stereocenters. The van der Waals surface area contributed by atoms with Crippen LogP contribution in [-0.4, -0.2) is 38.0 Å². The van der Waals surface area contributed by atoms with E-state index in [9.17, 15) is 9.18 Å². The van der Waals surface area contributed by atoms with Crippen LogP contribution in [-0.2, 0) is 4.79 Å². The Kier molecular flexibility index (Phi) is 4.84. The Morgan fingerprint density at radius 2 is 1.92 bits per heavy atom. The Bertz CT molecular complexity index is 715. The van der Waals surface area contributed by atoms with E-state index in [2.05, 4.69) is 4.90 Å². The molecule has 1 aliphatic heterocycles. The van der Waals surface area contributed by atoms with Crippen molar-refractivity contribution in [2.75, 3.05) is 32.1 Å². The number of anilines is 1. The van der Waals surface area contributed by atoms with Crippen LogP contribution in [0.1, 0.15) is 12.8 Å². The van der Waals surface area contributed by atoms with Crippen molar-refractivity contribution in [3.63, 3.8) is 0 Å². The second kappa shape index (κ2) is 7.04. The predicted octanol–water partition coefficient (Wildman–Crippen LogP) is 3.80. The van der Waals surface area contributed by atoms with Crippen molar-refractivity contribution in [2.24, 2.45) is 5.92 Å². The maximum absolute atomic E-state index is 14.6. The molecular formula is C20H23FN2O. The third-order valence-corrected chi connectivity index (χ3v) is 4.61. The molecule has 1 aliphatic rings. The zero-order valence-corrected chi connectivity index (χ0v) is 14.2. The van der Waals surface area contributed by atoms with Crippen molar-refractivity contribution < 1.29 is 9.18 Å². The number of hydrogen-bond acceptors (Lipinski definition) is 2.